The van der Waals surface area contributed by atoms with E-state index in [0.29, 0.717) is 6.07 Å². The second-order valence-corrected chi connectivity index (χ2v) is 3.02. The molecule has 0 heterocycles. The van der Waals surface area contributed by atoms with E-state index < -0.39 is 17.5 Å². The van der Waals surface area contributed by atoms with Gasteiger partial charge in [0, 0.05) is 0 Å². The third-order valence-corrected chi connectivity index (χ3v) is 1.94. The van der Waals surface area contributed by atoms with E-state index in [2.05, 4.69) is 15.9 Å². The summed E-state index contributed by atoms with van der Waals surface area (Å²) >= 11 is 2.88. The van der Waals surface area contributed by atoms with E-state index in [-0.39, 0.29) is 4.47 Å². The molecule has 0 saturated heterocycles. The van der Waals surface area contributed by atoms with Gasteiger partial charge in [-0.05, 0) is 34.1 Å². The van der Waals surface area contributed by atoms with Crippen LogP contribution < -0.4 is 0 Å². The summed E-state index contributed by atoms with van der Waals surface area (Å²) in [6.07, 6.45) is -4.40. The molecule has 0 atom stereocenters. The molecule has 0 aliphatic heterocycles. The van der Waals surface area contributed by atoms with Gasteiger partial charge in [-0.15, -0.1) is 0 Å². The summed E-state index contributed by atoms with van der Waals surface area (Å²) in [7, 11) is 0. The van der Waals surface area contributed by atoms with Gasteiger partial charge >= 0.3 is 6.18 Å². The summed E-state index contributed by atoms with van der Waals surface area (Å²) in [5.74, 6) is -0.412. The van der Waals surface area contributed by atoms with Crippen molar-refractivity contribution < 1.29 is 18.3 Å². The fraction of sp³-hybridized carbons (Fsp3) is 0.333. The number of rotatable bonds is 0. The van der Waals surface area contributed by atoms with Crippen LogP contribution in [0.5, 0.6) is 5.75 Å². The number of phenolic OH excluding ortho intramolecular Hbond substituents is 1. The molecule has 1 aromatic rings. The lowest BCUT2D eigenvalue weighted by molar-refractivity contribution is -0.137. The number of benzene rings is 1. The van der Waals surface area contributed by atoms with E-state index in [0.717, 1.165) is 12.1 Å². The highest BCUT2D eigenvalue weighted by Crippen LogP contribution is 2.34. The Kier molecular flexibility index (Phi) is 4.97. The van der Waals surface area contributed by atoms with Gasteiger partial charge in [-0.25, -0.2) is 0 Å². The van der Waals surface area contributed by atoms with Crippen LogP contribution in [0.4, 0.5) is 13.2 Å². The summed E-state index contributed by atoms with van der Waals surface area (Å²) in [6, 6.07) is 2.71. The highest BCUT2D eigenvalue weighted by molar-refractivity contribution is 9.10. The molecule has 1 N–H and O–H groups in total. The van der Waals surface area contributed by atoms with Crippen LogP contribution in [0.3, 0.4) is 0 Å². The molecule has 0 aliphatic carbocycles. The topological polar surface area (TPSA) is 20.2 Å². The molecule has 1 rings (SSSR count). The second-order valence-electron chi connectivity index (χ2n) is 2.16. The first-order chi connectivity index (χ1) is 6.41. The van der Waals surface area contributed by atoms with Gasteiger partial charge in [0.05, 0.1) is 10.0 Å². The monoisotopic (exact) mass is 270 g/mol. The Balaban J connectivity index is 0.000000791. The predicted molar refractivity (Wildman–Crippen MR) is 52.2 cm³/mol. The van der Waals surface area contributed by atoms with E-state index >= 15 is 0 Å². The van der Waals surface area contributed by atoms with Gasteiger partial charge in [0.1, 0.15) is 5.75 Å². The number of halogens is 4. The van der Waals surface area contributed by atoms with Crippen LogP contribution in [0.2, 0.25) is 0 Å². The molecule has 1 aromatic carbocycles. The first-order valence-corrected chi connectivity index (χ1v) is 4.76. The molecule has 0 bridgehead atoms. The van der Waals surface area contributed by atoms with Gasteiger partial charge in [0.15, 0.2) is 0 Å². The minimum Gasteiger partial charge on any atom is -0.507 e. The average Bonchev–Trinajstić information content (AvgIpc) is 2.11. The molecular weight excluding hydrogens is 261 g/mol. The maximum atomic E-state index is 12.0. The number of alkyl halides is 3. The summed E-state index contributed by atoms with van der Waals surface area (Å²) in [5.41, 5.74) is -0.858. The molecule has 0 unspecified atom stereocenters. The van der Waals surface area contributed by atoms with Gasteiger partial charge in [-0.2, -0.15) is 13.2 Å². The van der Waals surface area contributed by atoms with Crippen LogP contribution in [0, 0.1) is 0 Å². The minimum atomic E-state index is -4.40. The van der Waals surface area contributed by atoms with Crippen molar-refractivity contribution in [2.45, 2.75) is 20.0 Å². The van der Waals surface area contributed by atoms with Crippen molar-refractivity contribution >= 4 is 15.9 Å². The molecule has 1 nitrogen and oxygen atoms in total. The van der Waals surface area contributed by atoms with Gasteiger partial charge in [-0.1, -0.05) is 13.8 Å². The zero-order chi connectivity index (χ0) is 11.4. The molecule has 0 saturated carbocycles. The minimum absolute atomic E-state index is 0.246. The van der Waals surface area contributed by atoms with Crippen LogP contribution in [0.15, 0.2) is 22.7 Å². The molecule has 0 amide bonds. The molecule has 14 heavy (non-hydrogen) atoms. The number of phenols is 1. The van der Waals surface area contributed by atoms with Crippen LogP contribution >= 0.6 is 15.9 Å². The molecule has 80 valence electrons. The Morgan fingerprint density at radius 1 is 1.21 bits per heavy atom. The Morgan fingerprint density at radius 3 is 2.07 bits per heavy atom. The normalized spacial score (nSPS) is 10.4. The molecular formula is C9H10BrF3O. The van der Waals surface area contributed by atoms with E-state index in [4.69, 9.17) is 5.11 Å². The summed E-state index contributed by atoms with van der Waals surface area (Å²) in [6.45, 7) is 4.00. The predicted octanol–water partition coefficient (Wildman–Crippen LogP) is 4.20. The lowest BCUT2D eigenvalue weighted by Crippen LogP contribution is -2.03. The van der Waals surface area contributed by atoms with E-state index in [1.54, 1.807) is 0 Å². The Hall–Kier alpha value is -0.710. The van der Waals surface area contributed by atoms with Gasteiger partial charge in [0.2, 0.25) is 0 Å². The van der Waals surface area contributed by atoms with Crippen molar-refractivity contribution in [3.8, 4) is 5.75 Å². The highest BCUT2D eigenvalue weighted by atomic mass is 79.9. The average molecular weight is 271 g/mol. The number of hydrogen-bond acceptors (Lipinski definition) is 1. The second kappa shape index (κ2) is 5.24. The van der Waals surface area contributed by atoms with Gasteiger partial charge < -0.3 is 5.11 Å². The van der Waals surface area contributed by atoms with E-state index in [9.17, 15) is 13.2 Å². The van der Waals surface area contributed by atoms with Crippen LogP contribution in [-0.2, 0) is 6.18 Å². The quantitative estimate of drug-likeness (QED) is 0.749. The number of aromatic hydroxyl groups is 1. The van der Waals surface area contributed by atoms with Crippen molar-refractivity contribution in [3.05, 3.63) is 28.2 Å². The van der Waals surface area contributed by atoms with Gasteiger partial charge in [0.25, 0.3) is 0 Å². The van der Waals surface area contributed by atoms with Crippen molar-refractivity contribution in [2.24, 2.45) is 0 Å². The third kappa shape index (κ3) is 3.57. The van der Waals surface area contributed by atoms with Crippen molar-refractivity contribution in [3.63, 3.8) is 0 Å². The maximum absolute atomic E-state index is 12.0. The summed E-state index contributed by atoms with van der Waals surface area (Å²) in [5, 5.41) is 8.92. The van der Waals surface area contributed by atoms with Gasteiger partial charge in [-0.3, -0.25) is 0 Å². The zero-order valence-corrected chi connectivity index (χ0v) is 9.28. The molecule has 0 fully saturated rings. The first kappa shape index (κ1) is 13.3. The Bertz CT molecular complexity index is 297. The molecule has 0 aromatic heterocycles. The van der Waals surface area contributed by atoms with Crippen LogP contribution in [0.25, 0.3) is 0 Å². The largest absolute Gasteiger partial charge is 0.507 e. The third-order valence-electron chi connectivity index (χ3n) is 1.27. The van der Waals surface area contributed by atoms with Crippen LogP contribution in [-0.4, -0.2) is 5.11 Å². The highest BCUT2D eigenvalue weighted by Gasteiger charge is 2.30. The first-order valence-electron chi connectivity index (χ1n) is 3.97. The molecule has 5 heteroatoms. The smallest absolute Gasteiger partial charge is 0.416 e. The molecule has 0 radical (unpaired) electrons. The van der Waals surface area contributed by atoms with Crippen molar-refractivity contribution in [1.82, 2.24) is 0 Å². The van der Waals surface area contributed by atoms with E-state index in [1.165, 1.54) is 0 Å². The SMILES string of the molecule is CC.Oc1cc(C(F)(F)F)ccc1Br. The zero-order valence-electron chi connectivity index (χ0n) is 7.69. The molecule has 0 aliphatic rings. The summed E-state index contributed by atoms with van der Waals surface area (Å²) < 4.78 is 36.2. The standard InChI is InChI=1S/C7H4BrF3O.C2H6/c8-5-2-1-4(3-6(5)12)7(9,10)11;1-2/h1-3,12H;1-2H3. The van der Waals surface area contributed by atoms with Crippen LogP contribution in [0.1, 0.15) is 19.4 Å². The lowest BCUT2D eigenvalue weighted by atomic mass is 10.2. The fourth-order valence-corrected chi connectivity index (χ4v) is 0.936. The maximum Gasteiger partial charge on any atom is 0.416 e. The number of hydrogen-bond donors (Lipinski definition) is 1. The molecule has 0 spiro atoms. The Labute approximate surface area is 88.7 Å². The lowest BCUT2D eigenvalue weighted by Gasteiger charge is -2.06. The van der Waals surface area contributed by atoms with E-state index in [1.807, 2.05) is 13.8 Å². The Morgan fingerprint density at radius 2 is 1.71 bits per heavy atom. The van der Waals surface area contributed by atoms with Crippen molar-refractivity contribution in [2.75, 3.05) is 0 Å². The summed E-state index contributed by atoms with van der Waals surface area (Å²) in [4.78, 5) is 0. The fourth-order valence-electron chi connectivity index (χ4n) is 0.689. The van der Waals surface area contributed by atoms with Crippen molar-refractivity contribution in [1.29, 1.82) is 0 Å².